The van der Waals surface area contributed by atoms with Crippen molar-refractivity contribution in [2.75, 3.05) is 46.2 Å². The molecule has 0 N–H and O–H groups in total. The van der Waals surface area contributed by atoms with E-state index >= 15 is 0 Å². The average Bonchev–Trinajstić information content (AvgIpc) is 2.58. The first kappa shape index (κ1) is 18.5. The van der Waals surface area contributed by atoms with Crippen LogP contribution in [-0.4, -0.2) is 50.7 Å². The molecule has 2 aromatic rings. The number of rotatable bonds is 7. The molecule has 0 spiro atoms. The first-order valence-corrected chi connectivity index (χ1v) is 8.02. The number of hydrogen-bond donors (Lipinski definition) is 0. The van der Waals surface area contributed by atoms with Crippen LogP contribution >= 0.6 is 0 Å². The van der Waals surface area contributed by atoms with E-state index in [4.69, 9.17) is 0 Å². The molecule has 0 atom stereocenters. The van der Waals surface area contributed by atoms with Crippen LogP contribution in [0.2, 0.25) is 0 Å². The predicted molar refractivity (Wildman–Crippen MR) is 99.9 cm³/mol. The van der Waals surface area contributed by atoms with Crippen molar-refractivity contribution < 1.29 is 9.41 Å². The molecule has 0 heterocycles. The van der Waals surface area contributed by atoms with E-state index in [9.17, 15) is 10.1 Å². The minimum atomic E-state index is -0.436. The normalized spacial score (nSPS) is 11.7. The number of non-ortho nitro benzene ring substituents is 1. The Bertz CT molecular complexity index is 734. The van der Waals surface area contributed by atoms with E-state index in [1.165, 1.54) is 12.1 Å². The third kappa shape index (κ3) is 5.96. The smallest absolute Gasteiger partial charge is 0.269 e. The Hall–Kier alpha value is -2.80. The maximum Gasteiger partial charge on any atom is 0.269 e. The molecule has 0 aliphatic rings. The lowest BCUT2D eigenvalue weighted by atomic mass is 10.2. The molecule has 0 saturated heterocycles. The minimum absolute atomic E-state index is 0.0419. The zero-order chi connectivity index (χ0) is 18.4. The fraction of sp³-hybridized carbons (Fsp3) is 0.333. The molecule has 0 radical (unpaired) electrons. The van der Waals surface area contributed by atoms with Crippen molar-refractivity contribution >= 4 is 22.7 Å². The standard InChI is InChI=1S/C18H24N5O2/c1-21(13-14-23(2,3)4)17-9-5-15(6-10-17)19-20-16-7-11-18(12-8-16)22(24)25/h5-12H,13-14H2,1-4H3/q+1. The number of hydrogen-bond acceptors (Lipinski definition) is 5. The van der Waals surface area contributed by atoms with Crippen LogP contribution in [0.5, 0.6) is 0 Å². The molecule has 132 valence electrons. The topological polar surface area (TPSA) is 71.1 Å². The van der Waals surface area contributed by atoms with E-state index in [1.54, 1.807) is 12.1 Å². The van der Waals surface area contributed by atoms with Crippen LogP contribution in [0.15, 0.2) is 58.8 Å². The van der Waals surface area contributed by atoms with Crippen LogP contribution in [0, 0.1) is 10.1 Å². The third-order valence-electron chi connectivity index (χ3n) is 3.74. The van der Waals surface area contributed by atoms with Gasteiger partial charge in [0.1, 0.15) is 0 Å². The first-order chi connectivity index (χ1) is 11.7. The molecule has 2 aromatic carbocycles. The molecular weight excluding hydrogens is 318 g/mol. The zero-order valence-corrected chi connectivity index (χ0v) is 15.1. The van der Waals surface area contributed by atoms with Crippen LogP contribution in [0.1, 0.15) is 0 Å². The van der Waals surface area contributed by atoms with Gasteiger partial charge in [0.2, 0.25) is 0 Å². The van der Waals surface area contributed by atoms with Crippen molar-refractivity contribution in [1.82, 2.24) is 0 Å². The number of azo groups is 1. The Morgan fingerprint density at radius 2 is 1.44 bits per heavy atom. The Labute approximate surface area is 148 Å². The molecule has 25 heavy (non-hydrogen) atoms. The minimum Gasteiger partial charge on any atom is -0.369 e. The molecular formula is C18H24N5O2+. The number of nitro groups is 1. The highest BCUT2D eigenvalue weighted by Crippen LogP contribution is 2.23. The summed E-state index contributed by atoms with van der Waals surface area (Å²) in [7, 11) is 8.60. The average molecular weight is 342 g/mol. The Balaban J connectivity index is 1.98. The number of likely N-dealkylation sites (N-methyl/N-ethyl adjacent to an activating group) is 2. The Morgan fingerprint density at radius 3 is 1.88 bits per heavy atom. The quantitative estimate of drug-likeness (QED) is 0.328. The largest absolute Gasteiger partial charge is 0.369 e. The van der Waals surface area contributed by atoms with Crippen LogP contribution in [0.25, 0.3) is 0 Å². The van der Waals surface area contributed by atoms with E-state index in [1.807, 2.05) is 24.3 Å². The van der Waals surface area contributed by atoms with Gasteiger partial charge >= 0.3 is 0 Å². The van der Waals surface area contributed by atoms with Gasteiger partial charge in [-0.05, 0) is 36.4 Å². The molecule has 0 aliphatic carbocycles. The lowest BCUT2D eigenvalue weighted by Gasteiger charge is -2.28. The van der Waals surface area contributed by atoms with E-state index in [0.717, 1.165) is 28.9 Å². The Morgan fingerprint density at radius 1 is 0.960 bits per heavy atom. The van der Waals surface area contributed by atoms with Crippen molar-refractivity contribution in [3.05, 3.63) is 58.6 Å². The van der Waals surface area contributed by atoms with E-state index in [2.05, 4.69) is 43.3 Å². The van der Waals surface area contributed by atoms with Crippen molar-refractivity contribution in [3.63, 3.8) is 0 Å². The fourth-order valence-corrected chi connectivity index (χ4v) is 2.11. The highest BCUT2D eigenvalue weighted by atomic mass is 16.6. The maximum absolute atomic E-state index is 10.6. The summed E-state index contributed by atoms with van der Waals surface area (Å²) in [4.78, 5) is 12.4. The summed E-state index contributed by atoms with van der Waals surface area (Å²) >= 11 is 0. The molecule has 0 aromatic heterocycles. The summed E-state index contributed by atoms with van der Waals surface area (Å²) in [5.74, 6) is 0. The molecule has 0 aliphatic heterocycles. The predicted octanol–water partition coefficient (Wildman–Crippen LogP) is 4.15. The molecule has 0 saturated carbocycles. The molecule has 0 amide bonds. The van der Waals surface area contributed by atoms with Crippen LogP contribution in [-0.2, 0) is 0 Å². The highest BCUT2D eigenvalue weighted by Gasteiger charge is 2.09. The van der Waals surface area contributed by atoms with Crippen molar-refractivity contribution in [2.45, 2.75) is 0 Å². The number of anilines is 1. The SMILES string of the molecule is CN(CC[N+](C)(C)C)c1ccc(N=Nc2ccc([N+](=O)[O-])cc2)cc1. The first-order valence-electron chi connectivity index (χ1n) is 8.02. The number of nitrogens with zero attached hydrogens (tertiary/aromatic N) is 5. The highest BCUT2D eigenvalue weighted by molar-refractivity contribution is 5.52. The van der Waals surface area contributed by atoms with Gasteiger partial charge in [-0.25, -0.2) is 0 Å². The van der Waals surface area contributed by atoms with Gasteiger partial charge in [-0.1, -0.05) is 0 Å². The Kier molecular flexibility index (Phi) is 5.82. The summed E-state index contributed by atoms with van der Waals surface area (Å²) in [5.41, 5.74) is 2.49. The monoisotopic (exact) mass is 342 g/mol. The molecule has 0 fully saturated rings. The van der Waals surface area contributed by atoms with Gasteiger partial charge in [0.15, 0.2) is 0 Å². The summed E-state index contributed by atoms with van der Waals surface area (Å²) in [6, 6.07) is 13.8. The second-order valence-corrected chi connectivity index (χ2v) is 6.93. The molecule has 0 unspecified atom stereocenters. The third-order valence-corrected chi connectivity index (χ3v) is 3.74. The van der Waals surface area contributed by atoms with Gasteiger partial charge in [0.25, 0.3) is 5.69 Å². The summed E-state index contributed by atoms with van der Waals surface area (Å²) in [6.45, 7) is 2.02. The van der Waals surface area contributed by atoms with E-state index < -0.39 is 4.92 Å². The molecule has 2 rings (SSSR count). The lowest BCUT2D eigenvalue weighted by Crippen LogP contribution is -2.41. The number of benzene rings is 2. The van der Waals surface area contributed by atoms with Gasteiger partial charge in [-0.2, -0.15) is 10.2 Å². The maximum atomic E-state index is 10.6. The van der Waals surface area contributed by atoms with E-state index in [-0.39, 0.29) is 5.69 Å². The molecule has 0 bridgehead atoms. The van der Waals surface area contributed by atoms with E-state index in [0.29, 0.717) is 5.69 Å². The number of nitro benzene ring substituents is 1. The second kappa shape index (κ2) is 7.85. The van der Waals surface area contributed by atoms with Crippen LogP contribution in [0.3, 0.4) is 0 Å². The summed E-state index contributed by atoms with van der Waals surface area (Å²) in [6.07, 6.45) is 0. The fourth-order valence-electron chi connectivity index (χ4n) is 2.11. The van der Waals surface area contributed by atoms with Crippen molar-refractivity contribution in [3.8, 4) is 0 Å². The van der Waals surface area contributed by atoms with Gasteiger partial charge in [-0.15, -0.1) is 0 Å². The summed E-state index contributed by atoms with van der Waals surface area (Å²) in [5, 5.41) is 18.9. The molecule has 7 nitrogen and oxygen atoms in total. The van der Waals surface area contributed by atoms with Crippen LogP contribution < -0.4 is 4.90 Å². The zero-order valence-electron chi connectivity index (χ0n) is 15.1. The van der Waals surface area contributed by atoms with Gasteiger partial charge in [0.05, 0.1) is 50.5 Å². The number of quaternary nitrogens is 1. The van der Waals surface area contributed by atoms with Crippen LogP contribution in [0.4, 0.5) is 22.7 Å². The molecule has 7 heteroatoms. The van der Waals surface area contributed by atoms with Gasteiger partial charge < -0.3 is 9.38 Å². The van der Waals surface area contributed by atoms with Crippen molar-refractivity contribution in [1.29, 1.82) is 0 Å². The van der Waals surface area contributed by atoms with Gasteiger partial charge in [-0.3, -0.25) is 10.1 Å². The second-order valence-electron chi connectivity index (χ2n) is 6.93. The van der Waals surface area contributed by atoms with Crippen molar-refractivity contribution in [2.24, 2.45) is 10.2 Å². The van der Waals surface area contributed by atoms with Gasteiger partial charge in [0, 0.05) is 24.9 Å². The summed E-state index contributed by atoms with van der Waals surface area (Å²) < 4.78 is 0.922. The lowest BCUT2D eigenvalue weighted by molar-refractivity contribution is -0.868.